The third-order valence-corrected chi connectivity index (χ3v) is 2.95. The quantitative estimate of drug-likeness (QED) is 0.650. The average Bonchev–Trinajstić information content (AvgIpc) is 2.65. The third-order valence-electron chi connectivity index (χ3n) is 2.71. The molecule has 0 spiro atoms. The zero-order chi connectivity index (χ0) is 11.1. The van der Waals surface area contributed by atoms with Crippen LogP contribution in [0.5, 0.6) is 0 Å². The summed E-state index contributed by atoms with van der Waals surface area (Å²) in [6, 6.07) is 11.3. The maximum Gasteiger partial charge on any atom is 0.308 e. The highest BCUT2D eigenvalue weighted by molar-refractivity contribution is 6.50. The van der Waals surface area contributed by atoms with Crippen molar-refractivity contribution in [2.75, 3.05) is 0 Å². The second kappa shape index (κ2) is 3.54. The first-order chi connectivity index (χ1) is 7.79. The van der Waals surface area contributed by atoms with Crippen molar-refractivity contribution < 1.29 is 9.44 Å². The lowest BCUT2D eigenvalue weighted by Gasteiger charge is -1.94. The summed E-state index contributed by atoms with van der Waals surface area (Å²) in [6.07, 6.45) is 0. The molecule has 4 heteroatoms. The Morgan fingerprint density at radius 2 is 2.00 bits per heavy atom. The lowest BCUT2D eigenvalue weighted by molar-refractivity contribution is 0.613. The molecule has 2 aromatic carbocycles. The van der Waals surface area contributed by atoms with Crippen LogP contribution in [0.1, 0.15) is 0 Å². The molecule has 0 saturated heterocycles. The highest BCUT2D eigenvalue weighted by Gasteiger charge is 2.10. The highest BCUT2D eigenvalue weighted by atomic mass is 35.5. The first-order valence-corrected chi connectivity index (χ1v) is 5.38. The van der Waals surface area contributed by atoms with Gasteiger partial charge < -0.3 is 9.44 Å². The first-order valence-electron chi connectivity index (χ1n) is 5.00. The van der Waals surface area contributed by atoms with Crippen molar-refractivity contribution in [3.8, 4) is 0 Å². The third kappa shape index (κ3) is 1.33. The molecule has 16 heavy (non-hydrogen) atoms. The van der Waals surface area contributed by atoms with E-state index in [1.54, 1.807) is 6.07 Å². The maximum atomic E-state index is 9.23. The molecule has 0 aliphatic heterocycles. The van der Waals surface area contributed by atoms with E-state index in [4.69, 9.17) is 16.0 Å². The molecule has 0 amide bonds. The Morgan fingerprint density at radius 1 is 1.12 bits per heavy atom. The molecule has 78 valence electrons. The van der Waals surface area contributed by atoms with Crippen LogP contribution < -0.4 is 5.46 Å². The van der Waals surface area contributed by atoms with Crippen molar-refractivity contribution in [2.24, 2.45) is 0 Å². The van der Waals surface area contributed by atoms with Gasteiger partial charge in [0.15, 0.2) is 0 Å². The van der Waals surface area contributed by atoms with Crippen molar-refractivity contribution >= 4 is 46.5 Å². The van der Waals surface area contributed by atoms with Gasteiger partial charge in [0.25, 0.3) is 0 Å². The molecular weight excluding hydrogens is 222 g/mol. The first kappa shape index (κ1) is 9.76. The van der Waals surface area contributed by atoms with Gasteiger partial charge in [-0.05, 0) is 17.6 Å². The lowest BCUT2D eigenvalue weighted by atomic mass is 9.87. The number of hydrogen-bond acceptors (Lipinski definition) is 2. The molecule has 0 atom stereocenters. The highest BCUT2D eigenvalue weighted by Crippen LogP contribution is 2.29. The molecule has 0 fully saturated rings. The minimum Gasteiger partial charge on any atom is -0.456 e. The van der Waals surface area contributed by atoms with Crippen LogP contribution in [-0.2, 0) is 0 Å². The second-order valence-electron chi connectivity index (χ2n) is 3.69. The molecule has 0 bridgehead atoms. The maximum absolute atomic E-state index is 9.23. The minimum atomic E-state index is -0.0229. The number of benzene rings is 2. The van der Waals surface area contributed by atoms with Gasteiger partial charge in [-0.15, -0.1) is 0 Å². The van der Waals surface area contributed by atoms with Crippen LogP contribution in [0.4, 0.5) is 0 Å². The van der Waals surface area contributed by atoms with Gasteiger partial charge in [0.05, 0.1) is 0 Å². The van der Waals surface area contributed by atoms with Crippen LogP contribution in [-0.4, -0.2) is 12.5 Å². The molecule has 0 saturated carbocycles. The minimum absolute atomic E-state index is 0.0229. The van der Waals surface area contributed by atoms with Crippen LogP contribution >= 0.6 is 11.6 Å². The van der Waals surface area contributed by atoms with Crippen LogP contribution in [0.2, 0.25) is 5.02 Å². The van der Waals surface area contributed by atoms with E-state index in [-0.39, 0.29) is 7.48 Å². The van der Waals surface area contributed by atoms with Gasteiger partial charge in [-0.1, -0.05) is 29.8 Å². The number of halogens is 1. The largest absolute Gasteiger partial charge is 0.456 e. The van der Waals surface area contributed by atoms with Crippen LogP contribution in [0.25, 0.3) is 21.9 Å². The molecule has 1 N–H and O–H groups in total. The summed E-state index contributed by atoms with van der Waals surface area (Å²) in [4.78, 5) is 0. The van der Waals surface area contributed by atoms with E-state index in [9.17, 15) is 5.02 Å². The summed E-state index contributed by atoms with van der Waals surface area (Å²) in [7, 11) is -0.0229. The molecule has 2 nitrogen and oxygen atoms in total. The predicted octanol–water partition coefficient (Wildman–Crippen LogP) is 2.21. The predicted molar refractivity (Wildman–Crippen MR) is 67.7 cm³/mol. The zero-order valence-electron chi connectivity index (χ0n) is 8.40. The Balaban J connectivity index is 2.49. The Morgan fingerprint density at radius 3 is 2.81 bits per heavy atom. The molecular formula is C12H8BClO2. The molecule has 3 aromatic rings. The standard InChI is InChI=1S/C12H8BClO2/c14-7-4-5-8-9-2-1-3-10(13-15)12(9)16-11(8)6-7/h1-6,13,15H. The van der Waals surface area contributed by atoms with Crippen LogP contribution in [0.3, 0.4) is 0 Å². The summed E-state index contributed by atoms with van der Waals surface area (Å²) >= 11 is 5.91. The fourth-order valence-corrected chi connectivity index (χ4v) is 2.12. The van der Waals surface area contributed by atoms with Gasteiger partial charge in [0, 0.05) is 21.9 Å². The van der Waals surface area contributed by atoms with E-state index >= 15 is 0 Å². The van der Waals surface area contributed by atoms with E-state index in [0.717, 1.165) is 27.4 Å². The fraction of sp³-hybridized carbons (Fsp3) is 0. The van der Waals surface area contributed by atoms with Gasteiger partial charge in [-0.2, -0.15) is 0 Å². The second-order valence-corrected chi connectivity index (χ2v) is 4.13. The molecule has 1 heterocycles. The molecule has 0 unspecified atom stereocenters. The number of para-hydroxylation sites is 1. The molecule has 0 aliphatic rings. The van der Waals surface area contributed by atoms with Gasteiger partial charge >= 0.3 is 7.48 Å². The van der Waals surface area contributed by atoms with Crippen molar-refractivity contribution in [1.82, 2.24) is 0 Å². The van der Waals surface area contributed by atoms with Gasteiger partial charge in [-0.3, -0.25) is 0 Å². The summed E-state index contributed by atoms with van der Waals surface area (Å²) < 4.78 is 5.71. The fourth-order valence-electron chi connectivity index (χ4n) is 1.96. The van der Waals surface area contributed by atoms with Crippen molar-refractivity contribution in [1.29, 1.82) is 0 Å². The van der Waals surface area contributed by atoms with E-state index in [2.05, 4.69) is 0 Å². The lowest BCUT2D eigenvalue weighted by Crippen LogP contribution is -2.12. The summed E-state index contributed by atoms with van der Waals surface area (Å²) in [5.74, 6) is 0. The Labute approximate surface area is 97.7 Å². The summed E-state index contributed by atoms with van der Waals surface area (Å²) in [5.41, 5.74) is 2.29. The average molecular weight is 230 g/mol. The summed E-state index contributed by atoms with van der Waals surface area (Å²) in [5, 5.41) is 11.9. The Bertz CT molecular complexity index is 675. The number of furan rings is 1. The SMILES string of the molecule is OBc1cccc2c1oc1cc(Cl)ccc12. The smallest absolute Gasteiger partial charge is 0.308 e. The van der Waals surface area contributed by atoms with Crippen LogP contribution in [0.15, 0.2) is 40.8 Å². The summed E-state index contributed by atoms with van der Waals surface area (Å²) in [6.45, 7) is 0. The van der Waals surface area contributed by atoms with E-state index in [1.807, 2.05) is 30.3 Å². The van der Waals surface area contributed by atoms with Gasteiger partial charge in [0.1, 0.15) is 11.2 Å². The van der Waals surface area contributed by atoms with Crippen molar-refractivity contribution in [3.05, 3.63) is 41.4 Å². The molecule has 0 aliphatic carbocycles. The number of rotatable bonds is 1. The number of hydrogen-bond donors (Lipinski definition) is 1. The van der Waals surface area contributed by atoms with E-state index < -0.39 is 0 Å². The molecule has 0 radical (unpaired) electrons. The zero-order valence-corrected chi connectivity index (χ0v) is 9.16. The van der Waals surface area contributed by atoms with Gasteiger partial charge in [-0.25, -0.2) is 0 Å². The van der Waals surface area contributed by atoms with E-state index in [0.29, 0.717) is 5.02 Å². The Kier molecular flexibility index (Phi) is 2.16. The van der Waals surface area contributed by atoms with Gasteiger partial charge in [0.2, 0.25) is 0 Å². The van der Waals surface area contributed by atoms with Crippen molar-refractivity contribution in [2.45, 2.75) is 0 Å². The monoisotopic (exact) mass is 230 g/mol. The number of fused-ring (bicyclic) bond motifs is 3. The molecule has 1 aromatic heterocycles. The normalized spacial score (nSPS) is 11.1. The van der Waals surface area contributed by atoms with Crippen molar-refractivity contribution in [3.63, 3.8) is 0 Å². The van der Waals surface area contributed by atoms with E-state index in [1.165, 1.54) is 0 Å². The van der Waals surface area contributed by atoms with Crippen LogP contribution in [0, 0.1) is 0 Å². The topological polar surface area (TPSA) is 33.4 Å². The Hall–Kier alpha value is -1.45. The molecule has 3 rings (SSSR count).